The Morgan fingerprint density at radius 2 is 1.69 bits per heavy atom. The zero-order chi connectivity index (χ0) is 17.8. The van der Waals surface area contributed by atoms with Gasteiger partial charge >= 0.3 is 0 Å². The molecule has 2 aliphatic rings. The molecule has 0 N–H and O–H groups in total. The van der Waals surface area contributed by atoms with Gasteiger partial charge in [-0.3, -0.25) is 9.80 Å². The Morgan fingerprint density at radius 1 is 0.885 bits per heavy atom. The molecule has 0 aromatic heterocycles. The summed E-state index contributed by atoms with van der Waals surface area (Å²) in [4.78, 5) is 7.65. The maximum atomic E-state index is 13.4. The summed E-state index contributed by atoms with van der Waals surface area (Å²) in [5, 5.41) is 0. The van der Waals surface area contributed by atoms with Gasteiger partial charge in [0.1, 0.15) is 5.82 Å². The fraction of sp³-hybridized carbons (Fsp3) is 0.455. The summed E-state index contributed by atoms with van der Waals surface area (Å²) in [6.45, 7) is 7.55. The second-order valence-electron chi connectivity index (χ2n) is 7.52. The molecule has 0 radical (unpaired) electrons. The minimum absolute atomic E-state index is 0.131. The van der Waals surface area contributed by atoms with Crippen LogP contribution in [0.5, 0.6) is 0 Å². The van der Waals surface area contributed by atoms with Crippen LogP contribution in [0.15, 0.2) is 54.6 Å². The van der Waals surface area contributed by atoms with E-state index in [9.17, 15) is 4.39 Å². The lowest BCUT2D eigenvalue weighted by atomic mass is 10.0. The number of nitrogens with zero attached hydrogens (tertiary/aromatic N) is 3. The smallest absolute Gasteiger partial charge is 0.123 e. The summed E-state index contributed by atoms with van der Waals surface area (Å²) >= 11 is 0. The third-order valence-corrected chi connectivity index (χ3v) is 5.73. The van der Waals surface area contributed by atoms with Crippen LogP contribution in [0.1, 0.15) is 18.4 Å². The van der Waals surface area contributed by atoms with Crippen LogP contribution < -0.4 is 4.90 Å². The molecule has 3 nitrogen and oxygen atoms in total. The fourth-order valence-corrected chi connectivity index (χ4v) is 4.35. The molecule has 0 saturated carbocycles. The Kier molecular flexibility index (Phi) is 5.51. The normalized spacial score (nSPS) is 22.5. The van der Waals surface area contributed by atoms with Crippen molar-refractivity contribution < 1.29 is 4.39 Å². The van der Waals surface area contributed by atoms with E-state index < -0.39 is 0 Å². The molecule has 26 heavy (non-hydrogen) atoms. The van der Waals surface area contributed by atoms with Crippen molar-refractivity contribution in [2.75, 3.05) is 44.2 Å². The van der Waals surface area contributed by atoms with E-state index >= 15 is 0 Å². The summed E-state index contributed by atoms with van der Waals surface area (Å²) in [5.74, 6) is -0.131. The van der Waals surface area contributed by atoms with E-state index in [4.69, 9.17) is 0 Å². The number of para-hydroxylation sites is 1. The standard InChI is InChI=1S/C22H28FN3/c23-20-7-4-6-19(16-20)17-24-11-5-10-22(18-24)26-14-12-25(13-15-26)21-8-2-1-3-9-21/h1-4,6-9,16,22H,5,10-15,17-18H2. The summed E-state index contributed by atoms with van der Waals surface area (Å²) in [7, 11) is 0. The molecule has 0 amide bonds. The average molecular weight is 353 g/mol. The van der Waals surface area contributed by atoms with Crippen LogP contribution in [0.2, 0.25) is 0 Å². The number of hydrogen-bond donors (Lipinski definition) is 0. The van der Waals surface area contributed by atoms with Gasteiger partial charge in [-0.15, -0.1) is 0 Å². The number of hydrogen-bond acceptors (Lipinski definition) is 3. The maximum Gasteiger partial charge on any atom is 0.123 e. The largest absolute Gasteiger partial charge is 0.369 e. The van der Waals surface area contributed by atoms with Crippen LogP contribution in [-0.4, -0.2) is 55.1 Å². The molecule has 4 heteroatoms. The van der Waals surface area contributed by atoms with Crippen LogP contribution in [0.4, 0.5) is 10.1 Å². The van der Waals surface area contributed by atoms with Crippen molar-refractivity contribution in [1.82, 2.24) is 9.80 Å². The third-order valence-electron chi connectivity index (χ3n) is 5.73. The van der Waals surface area contributed by atoms with Crippen molar-refractivity contribution in [3.8, 4) is 0 Å². The number of rotatable bonds is 4. The van der Waals surface area contributed by atoms with Gasteiger partial charge < -0.3 is 4.90 Å². The predicted molar refractivity (Wildman–Crippen MR) is 105 cm³/mol. The molecule has 4 rings (SSSR count). The Labute approximate surface area is 156 Å². The highest BCUT2D eigenvalue weighted by Crippen LogP contribution is 2.22. The molecule has 2 aromatic carbocycles. The van der Waals surface area contributed by atoms with Gasteiger partial charge in [0.2, 0.25) is 0 Å². The molecule has 2 heterocycles. The lowest BCUT2D eigenvalue weighted by Crippen LogP contribution is -2.55. The lowest BCUT2D eigenvalue weighted by molar-refractivity contribution is 0.0887. The Hall–Kier alpha value is -1.91. The zero-order valence-corrected chi connectivity index (χ0v) is 15.4. The van der Waals surface area contributed by atoms with Crippen molar-refractivity contribution in [1.29, 1.82) is 0 Å². The van der Waals surface area contributed by atoms with Crippen molar-refractivity contribution in [2.45, 2.75) is 25.4 Å². The van der Waals surface area contributed by atoms with Gasteiger partial charge in [0.15, 0.2) is 0 Å². The van der Waals surface area contributed by atoms with Crippen LogP contribution in [-0.2, 0) is 6.54 Å². The second kappa shape index (κ2) is 8.19. The molecular formula is C22H28FN3. The average Bonchev–Trinajstić information content (AvgIpc) is 2.69. The maximum absolute atomic E-state index is 13.4. The van der Waals surface area contributed by atoms with E-state index in [-0.39, 0.29) is 5.82 Å². The third kappa shape index (κ3) is 4.25. The predicted octanol–water partition coefficient (Wildman–Crippen LogP) is 3.61. The second-order valence-corrected chi connectivity index (χ2v) is 7.52. The number of likely N-dealkylation sites (tertiary alicyclic amines) is 1. The topological polar surface area (TPSA) is 9.72 Å². The van der Waals surface area contributed by atoms with Gasteiger partial charge in [-0.1, -0.05) is 30.3 Å². The lowest BCUT2D eigenvalue weighted by Gasteiger charge is -2.44. The molecule has 2 aromatic rings. The van der Waals surface area contributed by atoms with Gasteiger partial charge in [-0.05, 0) is 49.2 Å². The summed E-state index contributed by atoms with van der Waals surface area (Å²) in [6.07, 6.45) is 2.52. The number of halogens is 1. The monoisotopic (exact) mass is 353 g/mol. The van der Waals surface area contributed by atoms with E-state index in [2.05, 4.69) is 45.0 Å². The highest BCUT2D eigenvalue weighted by molar-refractivity contribution is 5.46. The minimum Gasteiger partial charge on any atom is -0.369 e. The molecule has 0 aliphatic carbocycles. The van der Waals surface area contributed by atoms with E-state index in [0.717, 1.165) is 51.4 Å². The van der Waals surface area contributed by atoms with Crippen molar-refractivity contribution in [3.63, 3.8) is 0 Å². The molecule has 0 bridgehead atoms. The van der Waals surface area contributed by atoms with E-state index in [1.165, 1.54) is 24.6 Å². The van der Waals surface area contributed by atoms with Gasteiger partial charge in [0, 0.05) is 51.0 Å². The van der Waals surface area contributed by atoms with E-state index in [1.807, 2.05) is 12.1 Å². The Morgan fingerprint density at radius 3 is 2.46 bits per heavy atom. The summed E-state index contributed by atoms with van der Waals surface area (Å²) < 4.78 is 13.4. The molecular weight excluding hydrogens is 325 g/mol. The van der Waals surface area contributed by atoms with Gasteiger partial charge in [0.05, 0.1) is 0 Å². The minimum atomic E-state index is -0.131. The van der Waals surface area contributed by atoms with E-state index in [1.54, 1.807) is 6.07 Å². The van der Waals surface area contributed by atoms with Gasteiger partial charge in [-0.2, -0.15) is 0 Å². The molecule has 2 saturated heterocycles. The first-order valence-corrected chi connectivity index (χ1v) is 9.79. The van der Waals surface area contributed by atoms with Crippen LogP contribution >= 0.6 is 0 Å². The molecule has 1 atom stereocenters. The van der Waals surface area contributed by atoms with Crippen LogP contribution in [0, 0.1) is 5.82 Å². The summed E-state index contributed by atoms with van der Waals surface area (Å²) in [5.41, 5.74) is 2.42. The number of anilines is 1. The van der Waals surface area contributed by atoms with Crippen molar-refractivity contribution in [2.24, 2.45) is 0 Å². The first-order valence-electron chi connectivity index (χ1n) is 9.79. The fourth-order valence-electron chi connectivity index (χ4n) is 4.35. The number of piperazine rings is 1. The Bertz CT molecular complexity index is 698. The SMILES string of the molecule is Fc1cccc(CN2CCCC(N3CCN(c4ccccc4)CC3)C2)c1. The molecule has 1 unspecified atom stereocenters. The number of benzene rings is 2. The first kappa shape index (κ1) is 17.5. The van der Waals surface area contributed by atoms with Gasteiger partial charge in [-0.25, -0.2) is 4.39 Å². The molecule has 2 aliphatic heterocycles. The number of piperidine rings is 1. The first-order chi connectivity index (χ1) is 12.8. The van der Waals surface area contributed by atoms with E-state index in [0.29, 0.717) is 6.04 Å². The highest BCUT2D eigenvalue weighted by Gasteiger charge is 2.28. The van der Waals surface area contributed by atoms with Gasteiger partial charge in [0.25, 0.3) is 0 Å². The zero-order valence-electron chi connectivity index (χ0n) is 15.4. The quantitative estimate of drug-likeness (QED) is 0.831. The summed E-state index contributed by atoms with van der Waals surface area (Å²) in [6, 6.07) is 18.4. The van der Waals surface area contributed by atoms with Crippen molar-refractivity contribution >= 4 is 5.69 Å². The molecule has 0 spiro atoms. The Balaban J connectivity index is 1.31. The molecule has 2 fully saturated rings. The molecule has 138 valence electrons. The van der Waals surface area contributed by atoms with Crippen LogP contribution in [0.3, 0.4) is 0 Å². The van der Waals surface area contributed by atoms with Crippen molar-refractivity contribution in [3.05, 3.63) is 66.0 Å². The highest BCUT2D eigenvalue weighted by atomic mass is 19.1. The van der Waals surface area contributed by atoms with Crippen LogP contribution in [0.25, 0.3) is 0 Å².